The van der Waals surface area contributed by atoms with Crippen molar-refractivity contribution in [1.82, 2.24) is 19.1 Å². The Bertz CT molecular complexity index is 1660. The fourth-order valence-corrected chi connectivity index (χ4v) is 5.27. The van der Waals surface area contributed by atoms with Crippen molar-refractivity contribution < 1.29 is 13.5 Å². The van der Waals surface area contributed by atoms with Gasteiger partial charge < -0.3 is 4.74 Å². The molecule has 0 aliphatic heterocycles. The van der Waals surface area contributed by atoms with Gasteiger partial charge in [-0.15, -0.1) is 0 Å². The Morgan fingerprint density at radius 2 is 1.79 bits per heavy atom. The highest BCUT2D eigenvalue weighted by molar-refractivity contribution is 6.31. The first-order valence-electron chi connectivity index (χ1n) is 12.8. The van der Waals surface area contributed by atoms with Crippen LogP contribution in [0.2, 0.25) is 5.02 Å². The molecule has 4 heterocycles. The summed E-state index contributed by atoms with van der Waals surface area (Å²) in [6, 6.07) is 7.69. The van der Waals surface area contributed by atoms with Crippen LogP contribution in [0.3, 0.4) is 0 Å². The normalized spacial score (nSPS) is 14.0. The number of aromatic nitrogens is 4. The summed E-state index contributed by atoms with van der Waals surface area (Å²) >= 11 is 6.39. The van der Waals surface area contributed by atoms with Crippen molar-refractivity contribution in [3.8, 4) is 17.3 Å². The lowest BCUT2D eigenvalue weighted by Gasteiger charge is -2.22. The molecule has 0 N–H and O–H groups in total. The number of pyridine rings is 4. The van der Waals surface area contributed by atoms with Gasteiger partial charge in [-0.05, 0) is 44.2 Å². The molecule has 0 atom stereocenters. The zero-order valence-electron chi connectivity index (χ0n) is 21.6. The maximum Gasteiger partial charge on any atom is 0.277 e. The molecule has 1 fully saturated rings. The number of nitrogens with zero attached hydrogens (tertiary/aromatic N) is 4. The fourth-order valence-electron chi connectivity index (χ4n) is 5.07. The summed E-state index contributed by atoms with van der Waals surface area (Å²) in [5, 5.41) is -0.211. The van der Waals surface area contributed by atoms with Crippen LogP contribution < -0.4 is 15.9 Å². The molecule has 1 aliphatic carbocycles. The van der Waals surface area contributed by atoms with Crippen LogP contribution in [0.4, 0.5) is 8.78 Å². The minimum Gasteiger partial charge on any atom is -0.485 e. The lowest BCUT2D eigenvalue weighted by atomic mass is 9.85. The minimum atomic E-state index is -0.862. The first-order chi connectivity index (χ1) is 18.7. The minimum absolute atomic E-state index is 0.0456. The Balaban J connectivity index is 1.50. The molecular weight excluding hydrogens is 526 g/mol. The molecule has 39 heavy (non-hydrogen) atoms. The van der Waals surface area contributed by atoms with Gasteiger partial charge in [-0.1, -0.05) is 36.9 Å². The Labute approximate surface area is 228 Å². The molecule has 7 nitrogen and oxygen atoms in total. The van der Waals surface area contributed by atoms with Gasteiger partial charge in [0.1, 0.15) is 34.7 Å². The first-order valence-corrected chi connectivity index (χ1v) is 13.2. The van der Waals surface area contributed by atoms with Crippen LogP contribution in [0.25, 0.3) is 11.5 Å². The van der Waals surface area contributed by atoms with Gasteiger partial charge in [0.2, 0.25) is 0 Å². The molecule has 5 rings (SSSR count). The predicted molar refractivity (Wildman–Crippen MR) is 144 cm³/mol. The lowest BCUT2D eigenvalue weighted by molar-refractivity contribution is 0.292. The van der Waals surface area contributed by atoms with Crippen molar-refractivity contribution in [1.29, 1.82) is 0 Å². The van der Waals surface area contributed by atoms with Gasteiger partial charge in [0.15, 0.2) is 5.82 Å². The van der Waals surface area contributed by atoms with Crippen molar-refractivity contribution in [2.24, 2.45) is 0 Å². The predicted octanol–water partition coefficient (Wildman–Crippen LogP) is 5.95. The zero-order chi connectivity index (χ0) is 27.7. The summed E-state index contributed by atoms with van der Waals surface area (Å²) in [4.78, 5) is 35.0. The van der Waals surface area contributed by atoms with Crippen LogP contribution in [0.5, 0.6) is 5.75 Å². The molecule has 0 saturated heterocycles. The average Bonchev–Trinajstić information content (AvgIpc) is 2.92. The van der Waals surface area contributed by atoms with Crippen LogP contribution in [0.1, 0.15) is 60.5 Å². The Morgan fingerprint density at radius 3 is 2.54 bits per heavy atom. The number of rotatable bonds is 6. The SMILES string of the molecule is Cc1cnc(-n2cccc(C3CCCCC3)c2=O)cc1-n1c(C)cc(OCc2ncc(F)cc2F)c(Cl)c1=O. The Kier molecular flexibility index (Phi) is 7.61. The highest BCUT2D eigenvalue weighted by Crippen LogP contribution is 2.31. The summed E-state index contributed by atoms with van der Waals surface area (Å²) in [5.41, 5.74) is 1.70. The molecule has 1 aliphatic rings. The molecule has 0 spiro atoms. The van der Waals surface area contributed by atoms with Crippen molar-refractivity contribution >= 4 is 11.6 Å². The van der Waals surface area contributed by atoms with E-state index in [0.29, 0.717) is 28.8 Å². The Morgan fingerprint density at radius 1 is 1.03 bits per heavy atom. The van der Waals surface area contributed by atoms with Crippen LogP contribution in [-0.4, -0.2) is 19.1 Å². The molecule has 0 aromatic carbocycles. The van der Waals surface area contributed by atoms with Gasteiger partial charge in [-0.3, -0.25) is 23.7 Å². The number of hydrogen-bond acceptors (Lipinski definition) is 5. The van der Waals surface area contributed by atoms with E-state index in [0.717, 1.165) is 37.4 Å². The van der Waals surface area contributed by atoms with E-state index in [-0.39, 0.29) is 34.6 Å². The van der Waals surface area contributed by atoms with Crippen molar-refractivity contribution in [3.05, 3.63) is 109 Å². The Hall–Kier alpha value is -3.85. The van der Waals surface area contributed by atoms with E-state index in [2.05, 4.69) is 9.97 Å². The smallest absolute Gasteiger partial charge is 0.277 e. The third-order valence-electron chi connectivity index (χ3n) is 7.12. The van der Waals surface area contributed by atoms with Crippen LogP contribution in [0.15, 0.2) is 58.5 Å². The monoisotopic (exact) mass is 552 g/mol. The standard InChI is InChI=1S/C29H27ClF2N4O3/c1-17-14-34-26(35-10-6-9-21(28(35)37)19-7-4-3-5-8-19)13-24(17)36-18(2)11-25(27(30)29(36)38)39-16-23-22(32)12-20(31)15-33-23/h6,9-15,19H,3-5,7-8,16H2,1-2H3. The molecule has 0 radical (unpaired) electrons. The summed E-state index contributed by atoms with van der Waals surface area (Å²) in [6.45, 7) is 3.17. The van der Waals surface area contributed by atoms with Gasteiger partial charge in [0.05, 0.1) is 11.9 Å². The highest BCUT2D eigenvalue weighted by Gasteiger charge is 2.21. The molecule has 202 valence electrons. The zero-order valence-corrected chi connectivity index (χ0v) is 22.3. The summed E-state index contributed by atoms with van der Waals surface area (Å²) in [7, 11) is 0. The van der Waals surface area contributed by atoms with Crippen LogP contribution in [-0.2, 0) is 6.61 Å². The topological polar surface area (TPSA) is 79.0 Å². The molecule has 4 aromatic rings. The maximum absolute atomic E-state index is 14.0. The third-order valence-corrected chi connectivity index (χ3v) is 7.47. The van der Waals surface area contributed by atoms with E-state index >= 15 is 0 Å². The number of hydrogen-bond donors (Lipinski definition) is 0. The summed E-state index contributed by atoms with van der Waals surface area (Å²) in [5.74, 6) is -0.997. The molecule has 0 unspecified atom stereocenters. The summed E-state index contributed by atoms with van der Waals surface area (Å²) < 4.78 is 35.6. The lowest BCUT2D eigenvalue weighted by Crippen LogP contribution is -2.26. The molecule has 10 heteroatoms. The van der Waals surface area contributed by atoms with Crippen LogP contribution in [0, 0.1) is 25.5 Å². The van der Waals surface area contributed by atoms with Crippen LogP contribution >= 0.6 is 11.6 Å². The number of aryl methyl sites for hydroxylation is 2. The van der Waals surface area contributed by atoms with E-state index in [1.165, 1.54) is 15.6 Å². The van der Waals surface area contributed by atoms with E-state index < -0.39 is 17.2 Å². The van der Waals surface area contributed by atoms with Gasteiger partial charge in [-0.2, -0.15) is 0 Å². The van der Waals surface area contributed by atoms with E-state index in [1.807, 2.05) is 12.1 Å². The van der Waals surface area contributed by atoms with E-state index in [4.69, 9.17) is 16.3 Å². The third kappa shape index (κ3) is 5.36. The molecule has 1 saturated carbocycles. The van der Waals surface area contributed by atoms with Crippen molar-refractivity contribution in [3.63, 3.8) is 0 Å². The maximum atomic E-state index is 14.0. The molecule has 0 bridgehead atoms. The first kappa shape index (κ1) is 26.7. The van der Waals surface area contributed by atoms with Gasteiger partial charge in [-0.25, -0.2) is 13.8 Å². The molecule has 0 amide bonds. The van der Waals surface area contributed by atoms with Gasteiger partial charge in [0, 0.05) is 41.9 Å². The second-order valence-corrected chi connectivity index (χ2v) is 10.2. The second-order valence-electron chi connectivity index (χ2n) is 9.78. The number of ether oxygens (including phenoxy) is 1. The second kappa shape index (κ2) is 11.1. The number of halogens is 3. The molecule has 4 aromatic heterocycles. The van der Waals surface area contributed by atoms with Crippen molar-refractivity contribution in [2.45, 2.75) is 58.5 Å². The van der Waals surface area contributed by atoms with E-state index in [1.54, 1.807) is 38.4 Å². The van der Waals surface area contributed by atoms with Gasteiger partial charge >= 0.3 is 0 Å². The van der Waals surface area contributed by atoms with Crippen molar-refractivity contribution in [2.75, 3.05) is 0 Å². The fraction of sp³-hybridized carbons (Fsp3) is 0.310. The van der Waals surface area contributed by atoms with E-state index in [9.17, 15) is 18.4 Å². The summed E-state index contributed by atoms with van der Waals surface area (Å²) in [6.07, 6.45) is 9.59. The average molecular weight is 553 g/mol. The van der Waals surface area contributed by atoms with Gasteiger partial charge in [0.25, 0.3) is 11.1 Å². The molecular formula is C29H27ClF2N4O3. The highest BCUT2D eigenvalue weighted by atomic mass is 35.5. The largest absolute Gasteiger partial charge is 0.485 e. The quantitative estimate of drug-likeness (QED) is 0.295.